The molecule has 0 saturated heterocycles. The number of nitrogens with zero attached hydrogens (tertiary/aromatic N) is 1. The highest BCUT2D eigenvalue weighted by atomic mass is 35.5. The number of hydrogen-bond acceptors (Lipinski definition) is 3. The highest BCUT2D eigenvalue weighted by molar-refractivity contribution is 6.30. The summed E-state index contributed by atoms with van der Waals surface area (Å²) < 4.78 is 0. The zero-order chi connectivity index (χ0) is 13.5. The van der Waals surface area contributed by atoms with Gasteiger partial charge in [0, 0.05) is 24.5 Å². The quantitative estimate of drug-likeness (QED) is 0.876. The summed E-state index contributed by atoms with van der Waals surface area (Å²) >= 11 is 5.90. The molecule has 1 aromatic rings. The van der Waals surface area contributed by atoms with Crippen molar-refractivity contribution >= 4 is 11.6 Å². The minimum atomic E-state index is 0.167. The standard InChI is InChI=1S/C12H19ClN2.CH4O/c1-9-10(7-11(13)8-14-9)5-6-15-12(2,3)4;1-2/h7-8,15H,5-6H2,1-4H3;2H,1H3. The number of hydrogen-bond donors (Lipinski definition) is 2. The van der Waals surface area contributed by atoms with Crippen LogP contribution in [0.25, 0.3) is 0 Å². The fraction of sp³-hybridized carbons (Fsp3) is 0.615. The number of aromatic nitrogens is 1. The molecule has 0 radical (unpaired) electrons. The van der Waals surface area contributed by atoms with E-state index in [1.54, 1.807) is 6.20 Å². The average molecular weight is 259 g/mol. The summed E-state index contributed by atoms with van der Waals surface area (Å²) in [6, 6.07) is 1.99. The fourth-order valence-corrected chi connectivity index (χ4v) is 1.56. The maximum absolute atomic E-state index is 7.00. The first-order chi connectivity index (χ1) is 7.88. The third kappa shape index (κ3) is 7.31. The van der Waals surface area contributed by atoms with Gasteiger partial charge in [0.25, 0.3) is 0 Å². The highest BCUT2D eigenvalue weighted by Gasteiger charge is 2.08. The van der Waals surface area contributed by atoms with Crippen molar-refractivity contribution < 1.29 is 5.11 Å². The third-order valence-electron chi connectivity index (χ3n) is 2.21. The molecular weight excluding hydrogens is 236 g/mol. The Bertz CT molecular complexity index is 335. The zero-order valence-electron chi connectivity index (χ0n) is 11.3. The molecule has 0 aromatic carbocycles. The number of pyridine rings is 1. The molecule has 0 atom stereocenters. The van der Waals surface area contributed by atoms with E-state index in [9.17, 15) is 0 Å². The van der Waals surface area contributed by atoms with Crippen molar-refractivity contribution in [3.8, 4) is 0 Å². The summed E-state index contributed by atoms with van der Waals surface area (Å²) in [5.74, 6) is 0. The van der Waals surface area contributed by atoms with Gasteiger partial charge in [0.05, 0.1) is 5.02 Å². The predicted molar refractivity (Wildman–Crippen MR) is 73.6 cm³/mol. The van der Waals surface area contributed by atoms with Gasteiger partial charge in [0.15, 0.2) is 0 Å². The van der Waals surface area contributed by atoms with Gasteiger partial charge in [-0.05, 0) is 52.3 Å². The molecule has 2 N–H and O–H groups in total. The molecule has 0 fully saturated rings. The molecule has 3 nitrogen and oxygen atoms in total. The summed E-state index contributed by atoms with van der Waals surface area (Å²) in [5, 5.41) is 11.2. The van der Waals surface area contributed by atoms with Gasteiger partial charge in [-0.1, -0.05) is 11.6 Å². The van der Waals surface area contributed by atoms with Crippen molar-refractivity contribution in [2.24, 2.45) is 0 Å². The number of nitrogens with one attached hydrogen (secondary N) is 1. The SMILES string of the molecule is CO.Cc1ncc(Cl)cc1CCNC(C)(C)C. The summed E-state index contributed by atoms with van der Waals surface area (Å²) in [4.78, 5) is 4.23. The first-order valence-electron chi connectivity index (χ1n) is 5.69. The van der Waals surface area contributed by atoms with Crippen molar-refractivity contribution in [1.82, 2.24) is 10.3 Å². The van der Waals surface area contributed by atoms with Crippen LogP contribution in [0.4, 0.5) is 0 Å². The lowest BCUT2D eigenvalue weighted by molar-refractivity contribution is 0.399. The van der Waals surface area contributed by atoms with Crippen molar-refractivity contribution in [2.45, 2.75) is 39.7 Å². The predicted octanol–water partition coefficient (Wildman–Crippen LogP) is 2.58. The Morgan fingerprint density at radius 3 is 2.47 bits per heavy atom. The van der Waals surface area contributed by atoms with E-state index in [-0.39, 0.29) is 5.54 Å². The topological polar surface area (TPSA) is 45.2 Å². The third-order valence-corrected chi connectivity index (χ3v) is 2.41. The monoisotopic (exact) mass is 258 g/mol. The Morgan fingerprint density at radius 1 is 1.35 bits per heavy atom. The molecule has 0 aliphatic heterocycles. The Morgan fingerprint density at radius 2 is 1.94 bits per heavy atom. The molecule has 17 heavy (non-hydrogen) atoms. The lowest BCUT2D eigenvalue weighted by Gasteiger charge is -2.20. The van der Waals surface area contributed by atoms with Gasteiger partial charge in [-0.25, -0.2) is 0 Å². The van der Waals surface area contributed by atoms with E-state index in [1.165, 1.54) is 5.56 Å². The van der Waals surface area contributed by atoms with Crippen molar-refractivity contribution in [3.05, 3.63) is 28.5 Å². The summed E-state index contributed by atoms with van der Waals surface area (Å²) in [6.07, 6.45) is 2.66. The molecule has 0 bridgehead atoms. The zero-order valence-corrected chi connectivity index (χ0v) is 12.1. The lowest BCUT2D eigenvalue weighted by atomic mass is 10.1. The summed E-state index contributed by atoms with van der Waals surface area (Å²) in [5.41, 5.74) is 2.45. The van der Waals surface area contributed by atoms with E-state index in [4.69, 9.17) is 16.7 Å². The summed E-state index contributed by atoms with van der Waals surface area (Å²) in [6.45, 7) is 9.46. The van der Waals surface area contributed by atoms with Crippen LogP contribution in [0.2, 0.25) is 5.02 Å². The molecule has 1 rings (SSSR count). The van der Waals surface area contributed by atoms with E-state index in [1.807, 2.05) is 13.0 Å². The molecule has 4 heteroatoms. The number of aliphatic hydroxyl groups is 1. The molecule has 98 valence electrons. The van der Waals surface area contributed by atoms with Gasteiger partial charge in [0.2, 0.25) is 0 Å². The normalized spacial score (nSPS) is 10.8. The molecule has 0 spiro atoms. The van der Waals surface area contributed by atoms with Gasteiger partial charge < -0.3 is 10.4 Å². The number of halogens is 1. The van der Waals surface area contributed by atoms with Crippen LogP contribution in [0.5, 0.6) is 0 Å². The Balaban J connectivity index is 0.00000121. The maximum Gasteiger partial charge on any atom is 0.0592 e. The van der Waals surface area contributed by atoms with Crippen LogP contribution in [-0.4, -0.2) is 29.3 Å². The number of rotatable bonds is 3. The Labute approximate surface area is 109 Å². The van der Waals surface area contributed by atoms with Crippen molar-refractivity contribution in [3.63, 3.8) is 0 Å². The number of aryl methyl sites for hydroxylation is 1. The molecule has 0 saturated carbocycles. The van der Waals surface area contributed by atoms with Crippen LogP contribution in [0, 0.1) is 6.92 Å². The summed E-state index contributed by atoms with van der Waals surface area (Å²) in [7, 11) is 1.00. The van der Waals surface area contributed by atoms with Gasteiger partial charge in [-0.3, -0.25) is 4.98 Å². The lowest BCUT2D eigenvalue weighted by Crippen LogP contribution is -2.37. The van der Waals surface area contributed by atoms with Crippen LogP contribution in [0.1, 0.15) is 32.0 Å². The molecule has 0 amide bonds. The van der Waals surface area contributed by atoms with Gasteiger partial charge >= 0.3 is 0 Å². The minimum absolute atomic E-state index is 0.167. The van der Waals surface area contributed by atoms with Crippen LogP contribution >= 0.6 is 11.6 Å². The van der Waals surface area contributed by atoms with Gasteiger partial charge in [-0.15, -0.1) is 0 Å². The van der Waals surface area contributed by atoms with E-state index in [2.05, 4.69) is 31.1 Å². The van der Waals surface area contributed by atoms with E-state index in [0.717, 1.165) is 25.8 Å². The molecule has 0 unspecified atom stereocenters. The van der Waals surface area contributed by atoms with E-state index in [0.29, 0.717) is 5.02 Å². The van der Waals surface area contributed by atoms with E-state index >= 15 is 0 Å². The molecular formula is C13H23ClN2O. The largest absolute Gasteiger partial charge is 0.400 e. The van der Waals surface area contributed by atoms with Crippen molar-refractivity contribution in [2.75, 3.05) is 13.7 Å². The van der Waals surface area contributed by atoms with Crippen molar-refractivity contribution in [1.29, 1.82) is 0 Å². The molecule has 1 aromatic heterocycles. The minimum Gasteiger partial charge on any atom is -0.400 e. The average Bonchev–Trinajstić information content (AvgIpc) is 2.24. The van der Waals surface area contributed by atoms with Crippen LogP contribution in [0.15, 0.2) is 12.3 Å². The smallest absolute Gasteiger partial charge is 0.0592 e. The Hall–Kier alpha value is -0.640. The van der Waals surface area contributed by atoms with Crippen LogP contribution in [-0.2, 0) is 6.42 Å². The molecule has 0 aliphatic rings. The maximum atomic E-state index is 7.00. The highest BCUT2D eigenvalue weighted by Crippen LogP contribution is 2.13. The van der Waals surface area contributed by atoms with Gasteiger partial charge in [-0.2, -0.15) is 0 Å². The van der Waals surface area contributed by atoms with Crippen LogP contribution < -0.4 is 5.32 Å². The Kier molecular flexibility index (Phi) is 7.35. The van der Waals surface area contributed by atoms with Gasteiger partial charge in [0.1, 0.15) is 0 Å². The second-order valence-corrected chi connectivity index (χ2v) is 5.26. The first-order valence-corrected chi connectivity index (χ1v) is 6.07. The van der Waals surface area contributed by atoms with E-state index < -0.39 is 0 Å². The van der Waals surface area contributed by atoms with Crippen LogP contribution in [0.3, 0.4) is 0 Å². The molecule has 1 heterocycles. The second kappa shape index (κ2) is 7.64. The number of aliphatic hydroxyl groups excluding tert-OH is 1. The second-order valence-electron chi connectivity index (χ2n) is 4.82. The fourth-order valence-electron chi connectivity index (χ4n) is 1.37. The first kappa shape index (κ1) is 16.4. The molecule has 0 aliphatic carbocycles.